The van der Waals surface area contributed by atoms with Gasteiger partial charge in [-0.3, -0.25) is 5.10 Å². The molecule has 1 atom stereocenters. The summed E-state index contributed by atoms with van der Waals surface area (Å²) in [7, 11) is 3.29. The topological polar surface area (TPSA) is 59.2 Å². The van der Waals surface area contributed by atoms with E-state index in [2.05, 4.69) is 22.4 Å². The van der Waals surface area contributed by atoms with Crippen LogP contribution in [0.4, 0.5) is 0 Å². The van der Waals surface area contributed by atoms with Crippen LogP contribution in [0.3, 0.4) is 0 Å². The van der Waals surface area contributed by atoms with Gasteiger partial charge in [-0.25, -0.2) is 0 Å². The summed E-state index contributed by atoms with van der Waals surface area (Å²) in [5, 5.41) is 10.7. The Labute approximate surface area is 125 Å². The van der Waals surface area contributed by atoms with Gasteiger partial charge in [0.1, 0.15) is 0 Å². The summed E-state index contributed by atoms with van der Waals surface area (Å²) in [5.74, 6) is 1.49. The van der Waals surface area contributed by atoms with E-state index in [0.717, 1.165) is 35.0 Å². The largest absolute Gasteiger partial charge is 0.493 e. The molecule has 1 aromatic carbocycles. The van der Waals surface area contributed by atoms with Crippen LogP contribution in [0, 0.1) is 13.8 Å². The number of benzene rings is 1. The van der Waals surface area contributed by atoms with Gasteiger partial charge >= 0.3 is 0 Å². The van der Waals surface area contributed by atoms with Crippen LogP contribution in [0.25, 0.3) is 0 Å². The summed E-state index contributed by atoms with van der Waals surface area (Å²) < 4.78 is 10.6. The van der Waals surface area contributed by atoms with Crippen molar-refractivity contribution in [2.24, 2.45) is 0 Å². The molecule has 0 amide bonds. The summed E-state index contributed by atoms with van der Waals surface area (Å²) >= 11 is 0. The molecule has 0 bridgehead atoms. The summed E-state index contributed by atoms with van der Waals surface area (Å²) in [5.41, 5.74) is 4.54. The Balaban J connectivity index is 2.08. The first kappa shape index (κ1) is 15.4. The highest BCUT2D eigenvalue weighted by molar-refractivity contribution is 5.43. The van der Waals surface area contributed by atoms with Crippen molar-refractivity contribution in [2.45, 2.75) is 33.4 Å². The van der Waals surface area contributed by atoms with Crippen molar-refractivity contribution in [1.29, 1.82) is 0 Å². The molecule has 2 aromatic rings. The zero-order chi connectivity index (χ0) is 15.4. The molecule has 21 heavy (non-hydrogen) atoms. The molecule has 0 saturated heterocycles. The van der Waals surface area contributed by atoms with Crippen molar-refractivity contribution < 1.29 is 9.47 Å². The highest BCUT2D eigenvalue weighted by Gasteiger charge is 2.12. The summed E-state index contributed by atoms with van der Waals surface area (Å²) in [4.78, 5) is 0. The van der Waals surface area contributed by atoms with Crippen molar-refractivity contribution in [3.05, 3.63) is 40.7 Å². The number of aromatic amines is 1. The number of aryl methyl sites for hydroxylation is 2. The van der Waals surface area contributed by atoms with E-state index in [1.807, 2.05) is 32.0 Å². The van der Waals surface area contributed by atoms with Crippen LogP contribution >= 0.6 is 0 Å². The zero-order valence-corrected chi connectivity index (χ0v) is 13.3. The summed E-state index contributed by atoms with van der Waals surface area (Å²) in [6, 6.07) is 6.19. The molecule has 2 rings (SSSR count). The number of hydrogen-bond donors (Lipinski definition) is 2. The van der Waals surface area contributed by atoms with E-state index in [9.17, 15) is 0 Å². The highest BCUT2D eigenvalue weighted by Crippen LogP contribution is 2.30. The number of H-pyrrole nitrogens is 1. The molecule has 0 aliphatic rings. The summed E-state index contributed by atoms with van der Waals surface area (Å²) in [6.45, 7) is 6.97. The minimum Gasteiger partial charge on any atom is -0.493 e. The number of nitrogens with zero attached hydrogens (tertiary/aromatic N) is 1. The third-order valence-electron chi connectivity index (χ3n) is 3.77. The van der Waals surface area contributed by atoms with Crippen LogP contribution in [0.15, 0.2) is 18.2 Å². The third kappa shape index (κ3) is 3.36. The first-order chi connectivity index (χ1) is 10.1. The lowest BCUT2D eigenvalue weighted by molar-refractivity contribution is 0.354. The van der Waals surface area contributed by atoms with Gasteiger partial charge in [0, 0.05) is 23.8 Å². The van der Waals surface area contributed by atoms with E-state index in [4.69, 9.17) is 9.47 Å². The number of aromatic nitrogens is 2. The van der Waals surface area contributed by atoms with E-state index < -0.39 is 0 Å². The van der Waals surface area contributed by atoms with Gasteiger partial charge < -0.3 is 14.8 Å². The van der Waals surface area contributed by atoms with E-state index >= 15 is 0 Å². The molecule has 0 aliphatic carbocycles. The van der Waals surface area contributed by atoms with Gasteiger partial charge in [0.25, 0.3) is 0 Å². The SMILES string of the molecule is COc1ccc(C(C)NCc2c(C)n[nH]c2C)cc1OC. The fourth-order valence-corrected chi connectivity index (χ4v) is 2.33. The van der Waals surface area contributed by atoms with E-state index in [1.54, 1.807) is 14.2 Å². The molecule has 2 N–H and O–H groups in total. The molecule has 0 spiro atoms. The lowest BCUT2D eigenvalue weighted by Gasteiger charge is -2.16. The Kier molecular flexibility index (Phi) is 4.85. The molecular formula is C16H23N3O2. The normalized spacial score (nSPS) is 12.2. The number of rotatable bonds is 6. The third-order valence-corrected chi connectivity index (χ3v) is 3.77. The fraction of sp³-hybridized carbons (Fsp3) is 0.438. The van der Waals surface area contributed by atoms with Crippen LogP contribution in [0.2, 0.25) is 0 Å². The first-order valence-corrected chi connectivity index (χ1v) is 7.02. The molecule has 0 saturated carbocycles. The zero-order valence-electron chi connectivity index (χ0n) is 13.3. The molecule has 1 heterocycles. The molecule has 0 aliphatic heterocycles. The quantitative estimate of drug-likeness (QED) is 0.858. The average Bonchev–Trinajstić information content (AvgIpc) is 2.82. The maximum atomic E-state index is 5.35. The Morgan fingerprint density at radius 3 is 2.48 bits per heavy atom. The predicted octanol–water partition coefficient (Wildman–Crippen LogP) is 2.89. The highest BCUT2D eigenvalue weighted by atomic mass is 16.5. The van der Waals surface area contributed by atoms with Crippen LogP contribution in [-0.4, -0.2) is 24.4 Å². The average molecular weight is 289 g/mol. The van der Waals surface area contributed by atoms with Crippen LogP contribution in [0.5, 0.6) is 11.5 Å². The van der Waals surface area contributed by atoms with Crippen molar-refractivity contribution in [2.75, 3.05) is 14.2 Å². The second-order valence-corrected chi connectivity index (χ2v) is 5.13. The number of methoxy groups -OCH3 is 2. The fourth-order valence-electron chi connectivity index (χ4n) is 2.33. The smallest absolute Gasteiger partial charge is 0.161 e. The molecule has 5 nitrogen and oxygen atoms in total. The van der Waals surface area contributed by atoms with Crippen LogP contribution in [0.1, 0.15) is 35.5 Å². The molecule has 1 unspecified atom stereocenters. The predicted molar refractivity (Wildman–Crippen MR) is 82.9 cm³/mol. The van der Waals surface area contributed by atoms with Gasteiger partial charge in [-0.1, -0.05) is 6.07 Å². The monoisotopic (exact) mass is 289 g/mol. The van der Waals surface area contributed by atoms with Crippen molar-refractivity contribution in [1.82, 2.24) is 15.5 Å². The number of ether oxygens (including phenoxy) is 2. The summed E-state index contributed by atoms with van der Waals surface area (Å²) in [6.07, 6.45) is 0. The van der Waals surface area contributed by atoms with Crippen LogP contribution in [-0.2, 0) is 6.54 Å². The van der Waals surface area contributed by atoms with Gasteiger partial charge in [0.2, 0.25) is 0 Å². The van der Waals surface area contributed by atoms with E-state index in [-0.39, 0.29) is 6.04 Å². The maximum absolute atomic E-state index is 5.35. The first-order valence-electron chi connectivity index (χ1n) is 7.02. The van der Waals surface area contributed by atoms with Gasteiger partial charge in [-0.05, 0) is 38.5 Å². The van der Waals surface area contributed by atoms with E-state index in [1.165, 1.54) is 5.56 Å². The minimum absolute atomic E-state index is 0.207. The molecule has 0 radical (unpaired) electrons. The standard InChI is InChI=1S/C16H23N3O2/c1-10(17-9-14-11(2)18-19-12(14)3)13-6-7-15(20-4)16(8-13)21-5/h6-8,10,17H,9H2,1-5H3,(H,18,19). The molecule has 114 valence electrons. The molecular weight excluding hydrogens is 266 g/mol. The Hall–Kier alpha value is -2.01. The van der Waals surface area contributed by atoms with E-state index in [0.29, 0.717) is 0 Å². The van der Waals surface area contributed by atoms with Gasteiger partial charge in [0.15, 0.2) is 11.5 Å². The second-order valence-electron chi connectivity index (χ2n) is 5.13. The Morgan fingerprint density at radius 2 is 1.90 bits per heavy atom. The second kappa shape index (κ2) is 6.63. The molecule has 1 aromatic heterocycles. The van der Waals surface area contributed by atoms with Crippen molar-refractivity contribution >= 4 is 0 Å². The lowest BCUT2D eigenvalue weighted by atomic mass is 10.1. The number of nitrogens with one attached hydrogen (secondary N) is 2. The number of hydrogen-bond acceptors (Lipinski definition) is 4. The van der Waals surface area contributed by atoms with Gasteiger partial charge in [-0.2, -0.15) is 5.10 Å². The molecule has 0 fully saturated rings. The Bertz CT molecular complexity index is 588. The van der Waals surface area contributed by atoms with Gasteiger partial charge in [-0.15, -0.1) is 0 Å². The van der Waals surface area contributed by atoms with Crippen LogP contribution < -0.4 is 14.8 Å². The van der Waals surface area contributed by atoms with Crippen molar-refractivity contribution in [3.8, 4) is 11.5 Å². The maximum Gasteiger partial charge on any atom is 0.161 e. The van der Waals surface area contributed by atoms with Gasteiger partial charge in [0.05, 0.1) is 19.9 Å². The Morgan fingerprint density at radius 1 is 1.19 bits per heavy atom. The molecule has 5 heteroatoms. The lowest BCUT2D eigenvalue weighted by Crippen LogP contribution is -2.18. The van der Waals surface area contributed by atoms with Crippen molar-refractivity contribution in [3.63, 3.8) is 0 Å². The minimum atomic E-state index is 0.207.